The van der Waals surface area contributed by atoms with E-state index in [9.17, 15) is 9.90 Å². The van der Waals surface area contributed by atoms with E-state index in [-0.39, 0.29) is 12.1 Å². The van der Waals surface area contributed by atoms with Gasteiger partial charge in [0.05, 0.1) is 12.2 Å². The molecule has 2 N–H and O–H groups in total. The molecule has 1 fully saturated rings. The first kappa shape index (κ1) is 26.0. The summed E-state index contributed by atoms with van der Waals surface area (Å²) >= 11 is 0. The first-order chi connectivity index (χ1) is 19.4. The molecule has 0 spiro atoms. The summed E-state index contributed by atoms with van der Waals surface area (Å²) in [4.78, 5) is 32.1. The van der Waals surface area contributed by atoms with Crippen LogP contribution in [-0.2, 0) is 18.6 Å². The molecule has 1 atom stereocenters. The number of allylic oxidation sites excluding steroid dienone is 2. The average Bonchev–Trinajstić information content (AvgIpc) is 3.43. The normalized spacial score (nSPS) is 19.4. The molecule has 1 saturated heterocycles. The molecule has 0 bridgehead atoms. The van der Waals surface area contributed by atoms with Gasteiger partial charge in [0.2, 0.25) is 5.95 Å². The van der Waals surface area contributed by atoms with Crippen LogP contribution in [0.3, 0.4) is 0 Å². The van der Waals surface area contributed by atoms with Crippen LogP contribution < -0.4 is 15.8 Å². The minimum Gasteiger partial charge on any atom is -0.379 e. The number of aryl methyl sites for hydroxylation is 1. The Morgan fingerprint density at radius 1 is 1.10 bits per heavy atom. The van der Waals surface area contributed by atoms with Crippen LogP contribution in [0.5, 0.6) is 0 Å². The SMILES string of the molecule is C=CCn1c(=O)c2cnc(Nc3ccc(N4CCN(C)CC4)cc3)nc2n1-c1ccc2c(n1)[C@@](O)(/C=C/C)CC2. The van der Waals surface area contributed by atoms with Gasteiger partial charge in [-0.1, -0.05) is 24.3 Å². The molecule has 1 aromatic carbocycles. The van der Waals surface area contributed by atoms with Crippen molar-refractivity contribution in [1.29, 1.82) is 0 Å². The largest absolute Gasteiger partial charge is 0.379 e. The lowest BCUT2D eigenvalue weighted by molar-refractivity contribution is 0.0872. The average molecular weight is 539 g/mol. The summed E-state index contributed by atoms with van der Waals surface area (Å²) < 4.78 is 3.23. The molecule has 1 aliphatic carbocycles. The van der Waals surface area contributed by atoms with Crippen LogP contribution in [0.1, 0.15) is 24.6 Å². The minimum atomic E-state index is -1.13. The number of hydrogen-bond acceptors (Lipinski definition) is 8. The minimum absolute atomic E-state index is 0.232. The summed E-state index contributed by atoms with van der Waals surface area (Å²) in [6.07, 6.45) is 8.13. The molecule has 4 heterocycles. The highest BCUT2D eigenvalue weighted by atomic mass is 16.3. The predicted octanol–water partition coefficient (Wildman–Crippen LogP) is 3.37. The lowest BCUT2D eigenvalue weighted by Gasteiger charge is -2.34. The zero-order valence-corrected chi connectivity index (χ0v) is 22.9. The molecule has 206 valence electrons. The van der Waals surface area contributed by atoms with Gasteiger partial charge in [-0.25, -0.2) is 19.3 Å². The molecular weight excluding hydrogens is 504 g/mol. The van der Waals surface area contributed by atoms with Crippen molar-refractivity contribution >= 4 is 28.4 Å². The summed E-state index contributed by atoms with van der Waals surface area (Å²) in [5.41, 5.74) is 2.70. The topological polar surface area (TPSA) is 104 Å². The molecule has 1 aliphatic heterocycles. The molecular formula is C30H34N8O2. The second-order valence-corrected chi connectivity index (χ2v) is 10.5. The van der Waals surface area contributed by atoms with E-state index in [0.29, 0.717) is 34.9 Å². The van der Waals surface area contributed by atoms with E-state index in [1.165, 1.54) is 5.69 Å². The van der Waals surface area contributed by atoms with Crippen LogP contribution >= 0.6 is 0 Å². The highest BCUT2D eigenvalue weighted by Gasteiger charge is 2.36. The van der Waals surface area contributed by atoms with Gasteiger partial charge in [-0.05, 0) is 62.7 Å². The van der Waals surface area contributed by atoms with Gasteiger partial charge < -0.3 is 20.2 Å². The Labute approximate surface area is 232 Å². The summed E-state index contributed by atoms with van der Waals surface area (Å²) in [7, 11) is 2.15. The molecule has 4 aromatic rings. The molecule has 0 unspecified atom stereocenters. The maximum absolute atomic E-state index is 13.4. The van der Waals surface area contributed by atoms with Crippen LogP contribution in [0.2, 0.25) is 0 Å². The highest BCUT2D eigenvalue weighted by molar-refractivity contribution is 5.77. The van der Waals surface area contributed by atoms with Crippen molar-refractivity contribution < 1.29 is 5.11 Å². The lowest BCUT2D eigenvalue weighted by Crippen LogP contribution is -2.44. The fourth-order valence-electron chi connectivity index (χ4n) is 5.61. The van der Waals surface area contributed by atoms with E-state index < -0.39 is 5.60 Å². The van der Waals surface area contributed by atoms with E-state index in [1.54, 1.807) is 27.7 Å². The standard InChI is InChI=1S/C30H34N8O2/c1-4-13-30(40)14-12-21-6-11-25(33-26(21)30)38-27-24(28(39)37(38)15-5-2)20-31-29(34-27)32-22-7-9-23(10-8-22)36-18-16-35(3)17-19-36/h4-11,13,20,40H,2,12,14-19H2,1,3H3,(H,31,32,34)/b13-4+/t30-/m1/s1. The third kappa shape index (κ3) is 4.59. The third-order valence-electron chi connectivity index (χ3n) is 7.78. The second-order valence-electron chi connectivity index (χ2n) is 10.5. The van der Waals surface area contributed by atoms with E-state index in [4.69, 9.17) is 9.97 Å². The van der Waals surface area contributed by atoms with E-state index >= 15 is 0 Å². The molecule has 2 aliphatic rings. The van der Waals surface area contributed by atoms with Crippen molar-refractivity contribution in [2.45, 2.75) is 31.9 Å². The number of piperazine rings is 1. The van der Waals surface area contributed by atoms with Gasteiger partial charge in [0, 0.05) is 43.8 Å². The van der Waals surface area contributed by atoms with Gasteiger partial charge >= 0.3 is 0 Å². The molecule has 0 amide bonds. The summed E-state index contributed by atoms with van der Waals surface area (Å²) in [5.74, 6) is 0.870. The fraction of sp³-hybridized carbons (Fsp3) is 0.333. The number of nitrogens with zero attached hydrogens (tertiary/aromatic N) is 7. The van der Waals surface area contributed by atoms with Crippen LogP contribution in [0.25, 0.3) is 16.9 Å². The van der Waals surface area contributed by atoms with Gasteiger partial charge in [-0.2, -0.15) is 4.98 Å². The molecule has 10 nitrogen and oxygen atoms in total. The first-order valence-electron chi connectivity index (χ1n) is 13.7. The Morgan fingerprint density at radius 2 is 1.88 bits per heavy atom. The van der Waals surface area contributed by atoms with Crippen molar-refractivity contribution in [2.75, 3.05) is 43.4 Å². The molecule has 6 rings (SSSR count). The number of hydrogen-bond donors (Lipinski definition) is 2. The predicted molar refractivity (Wildman–Crippen MR) is 158 cm³/mol. The van der Waals surface area contributed by atoms with Crippen LogP contribution in [-0.4, -0.2) is 67.5 Å². The molecule has 10 heteroatoms. The third-order valence-corrected chi connectivity index (χ3v) is 7.78. The zero-order chi connectivity index (χ0) is 27.9. The number of anilines is 3. The summed E-state index contributed by atoms with van der Waals surface area (Å²) in [6, 6.07) is 12.1. The van der Waals surface area contributed by atoms with Crippen molar-refractivity contribution in [3.8, 4) is 5.82 Å². The van der Waals surface area contributed by atoms with Crippen molar-refractivity contribution in [3.63, 3.8) is 0 Å². The van der Waals surface area contributed by atoms with Gasteiger partial charge in [0.25, 0.3) is 5.56 Å². The number of nitrogens with one attached hydrogen (secondary N) is 1. The zero-order valence-electron chi connectivity index (χ0n) is 22.9. The number of likely N-dealkylation sites (N-methyl/N-ethyl adjacent to an activating group) is 1. The van der Waals surface area contributed by atoms with Gasteiger partial charge in [-0.3, -0.25) is 4.79 Å². The molecule has 3 aromatic heterocycles. The number of aromatic nitrogens is 5. The van der Waals surface area contributed by atoms with Gasteiger partial charge in [-0.15, -0.1) is 6.58 Å². The van der Waals surface area contributed by atoms with Crippen molar-refractivity contribution in [3.05, 3.63) is 89.0 Å². The Hall–Kier alpha value is -4.28. The van der Waals surface area contributed by atoms with Gasteiger partial charge in [0.1, 0.15) is 11.0 Å². The maximum Gasteiger partial charge on any atom is 0.278 e. The molecule has 0 saturated carbocycles. The van der Waals surface area contributed by atoms with Crippen molar-refractivity contribution in [1.82, 2.24) is 29.2 Å². The highest BCUT2D eigenvalue weighted by Crippen LogP contribution is 2.37. The number of aliphatic hydroxyl groups is 1. The summed E-state index contributed by atoms with van der Waals surface area (Å²) in [5, 5.41) is 14.9. The maximum atomic E-state index is 13.4. The van der Waals surface area contributed by atoms with Crippen molar-refractivity contribution in [2.24, 2.45) is 0 Å². The first-order valence-corrected chi connectivity index (χ1v) is 13.7. The summed E-state index contributed by atoms with van der Waals surface area (Å²) in [6.45, 7) is 10.1. The smallest absolute Gasteiger partial charge is 0.278 e. The number of rotatable bonds is 7. The fourth-order valence-corrected chi connectivity index (χ4v) is 5.61. The van der Waals surface area contributed by atoms with Crippen LogP contribution in [0.4, 0.5) is 17.3 Å². The Balaban J connectivity index is 1.36. The second kappa shape index (κ2) is 10.4. The van der Waals surface area contributed by atoms with Crippen LogP contribution in [0, 0.1) is 0 Å². The monoisotopic (exact) mass is 538 g/mol. The van der Waals surface area contributed by atoms with Gasteiger partial charge in [0.15, 0.2) is 11.5 Å². The molecule has 40 heavy (non-hydrogen) atoms. The quantitative estimate of drug-likeness (QED) is 0.345. The van der Waals surface area contributed by atoms with E-state index in [1.807, 2.05) is 37.3 Å². The Bertz CT molecular complexity index is 1650. The Kier molecular flexibility index (Phi) is 6.73. The number of benzene rings is 1. The van der Waals surface area contributed by atoms with E-state index in [0.717, 1.165) is 43.9 Å². The van der Waals surface area contributed by atoms with Crippen LogP contribution in [0.15, 0.2) is 72.2 Å². The Morgan fingerprint density at radius 3 is 2.60 bits per heavy atom. The number of pyridine rings is 1. The van der Waals surface area contributed by atoms with E-state index in [2.05, 4.69) is 45.9 Å². The number of fused-ring (bicyclic) bond motifs is 2. The lowest BCUT2D eigenvalue weighted by atomic mass is 10.0. The molecule has 0 radical (unpaired) electrons.